The van der Waals surface area contributed by atoms with Crippen molar-refractivity contribution in [1.29, 1.82) is 10.5 Å². The van der Waals surface area contributed by atoms with Crippen LogP contribution in [0.1, 0.15) is 24.0 Å². The number of hydrogen-bond acceptors (Lipinski definition) is 6. The number of piperazine rings is 1. The van der Waals surface area contributed by atoms with Crippen molar-refractivity contribution in [2.24, 2.45) is 0 Å². The molecule has 168 valence electrons. The monoisotopic (exact) mass is 440 g/mol. The number of ether oxygens (including phenoxy) is 2. The summed E-state index contributed by atoms with van der Waals surface area (Å²) in [6.07, 6.45) is 1.59. The molecule has 3 rings (SSSR count). The topological polar surface area (TPSA) is 72.5 Å². The summed E-state index contributed by atoms with van der Waals surface area (Å²) < 4.78 is 38.6. The van der Waals surface area contributed by atoms with Crippen molar-refractivity contribution < 1.29 is 18.3 Å². The zero-order valence-corrected chi connectivity index (χ0v) is 17.9. The van der Waals surface area contributed by atoms with E-state index in [9.17, 15) is 8.78 Å². The fourth-order valence-electron chi connectivity index (χ4n) is 3.55. The van der Waals surface area contributed by atoms with Gasteiger partial charge in [-0.15, -0.1) is 0 Å². The number of hydrogen-bond donors (Lipinski definition) is 0. The molecule has 1 aliphatic rings. The molecule has 0 amide bonds. The summed E-state index contributed by atoms with van der Waals surface area (Å²) in [4.78, 5) is 4.72. The molecule has 0 aliphatic carbocycles. The molecule has 1 saturated heterocycles. The van der Waals surface area contributed by atoms with E-state index >= 15 is 0 Å². The van der Waals surface area contributed by atoms with Gasteiger partial charge in [0.15, 0.2) is 23.1 Å². The van der Waals surface area contributed by atoms with Crippen molar-refractivity contribution in [3.63, 3.8) is 0 Å². The molecule has 0 saturated carbocycles. The van der Waals surface area contributed by atoms with Crippen LogP contribution in [0.25, 0.3) is 0 Å². The Kier molecular flexibility index (Phi) is 8.79. The number of rotatable bonds is 10. The van der Waals surface area contributed by atoms with E-state index in [1.807, 2.05) is 12.1 Å². The molecule has 1 heterocycles. The zero-order chi connectivity index (χ0) is 22.8. The maximum Gasteiger partial charge on any atom is 0.166 e. The number of nitriles is 2. The van der Waals surface area contributed by atoms with E-state index < -0.39 is 11.6 Å². The molecule has 2 aromatic carbocycles. The van der Waals surface area contributed by atoms with Gasteiger partial charge in [0.25, 0.3) is 0 Å². The van der Waals surface area contributed by atoms with Gasteiger partial charge in [-0.2, -0.15) is 10.5 Å². The van der Waals surface area contributed by atoms with Crippen molar-refractivity contribution in [2.45, 2.75) is 12.8 Å². The maximum absolute atomic E-state index is 13.8. The largest absolute Gasteiger partial charge is 0.490 e. The first-order valence-electron chi connectivity index (χ1n) is 10.7. The average molecular weight is 440 g/mol. The highest BCUT2D eigenvalue weighted by atomic mass is 19.1. The van der Waals surface area contributed by atoms with Gasteiger partial charge >= 0.3 is 0 Å². The van der Waals surface area contributed by atoms with E-state index in [0.717, 1.165) is 52.1 Å². The quantitative estimate of drug-likeness (QED) is 0.526. The van der Waals surface area contributed by atoms with Crippen LogP contribution >= 0.6 is 0 Å². The average Bonchev–Trinajstić information content (AvgIpc) is 2.81. The molecule has 0 radical (unpaired) electrons. The Morgan fingerprint density at radius 3 is 1.47 bits per heavy atom. The minimum Gasteiger partial charge on any atom is -0.490 e. The minimum absolute atomic E-state index is 0.178. The van der Waals surface area contributed by atoms with Gasteiger partial charge in [0.1, 0.15) is 0 Å². The standard InChI is InChI=1S/C24H26F2N4O2/c25-21-15-19(17-27)3-5-23(21)31-13-1-7-29-9-11-30(12-10-29)8-2-14-32-24-6-4-20(18-28)16-22(24)26/h3-6,15-16H,1-2,7-14H2. The minimum atomic E-state index is -0.511. The Hall–Kier alpha value is -3.20. The molecular formula is C24H26F2N4O2. The van der Waals surface area contributed by atoms with Crippen molar-refractivity contribution in [2.75, 3.05) is 52.5 Å². The summed E-state index contributed by atoms with van der Waals surface area (Å²) in [6, 6.07) is 12.2. The molecule has 8 heteroatoms. The smallest absolute Gasteiger partial charge is 0.166 e. The van der Waals surface area contributed by atoms with Gasteiger partial charge in [0, 0.05) is 39.3 Å². The van der Waals surface area contributed by atoms with Crippen molar-refractivity contribution in [3.8, 4) is 23.6 Å². The molecule has 2 aromatic rings. The number of halogens is 2. The normalized spacial score (nSPS) is 14.5. The molecule has 0 atom stereocenters. The SMILES string of the molecule is N#Cc1ccc(OCCCN2CCN(CCCOc3ccc(C#N)cc3F)CC2)c(F)c1. The summed E-state index contributed by atoms with van der Waals surface area (Å²) in [5.41, 5.74) is 0.557. The lowest BCUT2D eigenvalue weighted by atomic mass is 10.2. The van der Waals surface area contributed by atoms with Gasteiger partial charge in [0.2, 0.25) is 0 Å². The first-order valence-corrected chi connectivity index (χ1v) is 10.7. The molecule has 0 N–H and O–H groups in total. The maximum atomic E-state index is 13.8. The summed E-state index contributed by atoms with van der Waals surface area (Å²) in [6.45, 7) is 6.43. The lowest BCUT2D eigenvalue weighted by Crippen LogP contribution is -2.47. The van der Waals surface area contributed by atoms with Gasteiger partial charge in [-0.25, -0.2) is 8.78 Å². The van der Waals surface area contributed by atoms with E-state index in [1.165, 1.54) is 24.3 Å². The van der Waals surface area contributed by atoms with Crippen LogP contribution in [0.15, 0.2) is 36.4 Å². The molecule has 32 heavy (non-hydrogen) atoms. The lowest BCUT2D eigenvalue weighted by molar-refractivity contribution is 0.120. The Balaban J connectivity index is 1.26. The van der Waals surface area contributed by atoms with Crippen LogP contribution in [0.2, 0.25) is 0 Å². The van der Waals surface area contributed by atoms with Crippen LogP contribution in [0.4, 0.5) is 8.78 Å². The van der Waals surface area contributed by atoms with Crippen LogP contribution in [0.3, 0.4) is 0 Å². The molecule has 0 bridgehead atoms. The second-order valence-corrected chi connectivity index (χ2v) is 7.60. The molecular weight excluding hydrogens is 414 g/mol. The Morgan fingerprint density at radius 2 is 1.12 bits per heavy atom. The van der Waals surface area contributed by atoms with Crippen LogP contribution < -0.4 is 9.47 Å². The van der Waals surface area contributed by atoms with E-state index in [0.29, 0.717) is 13.2 Å². The number of nitrogens with zero attached hydrogens (tertiary/aromatic N) is 4. The van der Waals surface area contributed by atoms with Crippen LogP contribution in [0, 0.1) is 34.3 Å². The van der Waals surface area contributed by atoms with Crippen LogP contribution in [-0.2, 0) is 0 Å². The van der Waals surface area contributed by atoms with Gasteiger partial charge in [-0.05, 0) is 49.2 Å². The van der Waals surface area contributed by atoms with Gasteiger partial charge in [0.05, 0.1) is 36.5 Å². The van der Waals surface area contributed by atoms with Gasteiger partial charge in [-0.3, -0.25) is 0 Å². The molecule has 0 unspecified atom stereocenters. The summed E-state index contributed by atoms with van der Waals surface area (Å²) in [5, 5.41) is 17.5. The summed E-state index contributed by atoms with van der Waals surface area (Å²) in [5.74, 6) is -0.666. The number of benzene rings is 2. The summed E-state index contributed by atoms with van der Waals surface area (Å²) in [7, 11) is 0. The zero-order valence-electron chi connectivity index (χ0n) is 17.9. The second kappa shape index (κ2) is 12.0. The molecule has 1 fully saturated rings. The fraction of sp³-hybridized carbons (Fsp3) is 0.417. The highest BCUT2D eigenvalue weighted by molar-refractivity contribution is 5.36. The molecule has 6 nitrogen and oxygen atoms in total. The third-order valence-corrected chi connectivity index (χ3v) is 5.34. The van der Waals surface area contributed by atoms with Crippen molar-refractivity contribution in [1.82, 2.24) is 9.80 Å². The van der Waals surface area contributed by atoms with E-state index in [1.54, 1.807) is 12.1 Å². The molecule has 0 spiro atoms. The molecule has 1 aliphatic heterocycles. The third-order valence-electron chi connectivity index (χ3n) is 5.34. The van der Waals surface area contributed by atoms with Crippen molar-refractivity contribution in [3.05, 3.63) is 59.2 Å². The van der Waals surface area contributed by atoms with E-state index in [4.69, 9.17) is 20.0 Å². The Bertz CT molecular complexity index is 899. The van der Waals surface area contributed by atoms with Crippen molar-refractivity contribution >= 4 is 0 Å². The molecule has 0 aromatic heterocycles. The Labute approximate surface area is 187 Å². The lowest BCUT2D eigenvalue weighted by Gasteiger charge is -2.34. The highest BCUT2D eigenvalue weighted by Crippen LogP contribution is 2.19. The van der Waals surface area contributed by atoms with Crippen LogP contribution in [0.5, 0.6) is 11.5 Å². The van der Waals surface area contributed by atoms with Gasteiger partial charge < -0.3 is 19.3 Å². The predicted octanol–water partition coefficient (Wildman–Crippen LogP) is 3.56. The van der Waals surface area contributed by atoms with E-state index in [-0.39, 0.29) is 22.6 Å². The first kappa shape index (κ1) is 23.5. The Morgan fingerprint density at radius 1 is 0.719 bits per heavy atom. The fourth-order valence-corrected chi connectivity index (χ4v) is 3.55. The van der Waals surface area contributed by atoms with Crippen LogP contribution in [-0.4, -0.2) is 62.3 Å². The highest BCUT2D eigenvalue weighted by Gasteiger charge is 2.16. The third kappa shape index (κ3) is 6.91. The van der Waals surface area contributed by atoms with Gasteiger partial charge in [-0.1, -0.05) is 0 Å². The predicted molar refractivity (Wildman–Crippen MR) is 115 cm³/mol. The first-order chi connectivity index (χ1) is 15.6. The second-order valence-electron chi connectivity index (χ2n) is 7.60. The summed E-state index contributed by atoms with van der Waals surface area (Å²) >= 11 is 0. The van der Waals surface area contributed by atoms with E-state index in [2.05, 4.69) is 9.80 Å².